The van der Waals surface area contributed by atoms with Gasteiger partial charge in [0.1, 0.15) is 0 Å². The molecule has 0 fully saturated rings. The highest BCUT2D eigenvalue weighted by Crippen LogP contribution is 2.29. The van der Waals surface area contributed by atoms with E-state index in [1.54, 1.807) is 0 Å². The Balaban J connectivity index is 1.86. The second kappa shape index (κ2) is 6.61. The second-order valence-corrected chi connectivity index (χ2v) is 5.87. The molecule has 21 heavy (non-hydrogen) atoms. The van der Waals surface area contributed by atoms with Gasteiger partial charge in [-0.1, -0.05) is 36.7 Å². The topological polar surface area (TPSA) is 21.3 Å². The van der Waals surface area contributed by atoms with Crippen LogP contribution < -0.4 is 5.32 Å². The first kappa shape index (κ1) is 14.6. The van der Waals surface area contributed by atoms with Crippen molar-refractivity contribution in [1.82, 2.24) is 5.32 Å². The molecule has 1 aliphatic rings. The van der Waals surface area contributed by atoms with Gasteiger partial charge in [-0.2, -0.15) is 0 Å². The van der Waals surface area contributed by atoms with Crippen molar-refractivity contribution < 1.29 is 4.74 Å². The first-order chi connectivity index (χ1) is 10.3. The minimum absolute atomic E-state index is 0.724. The van der Waals surface area contributed by atoms with E-state index in [1.807, 2.05) is 6.07 Å². The third kappa shape index (κ3) is 3.29. The number of hydrogen-bond acceptors (Lipinski definition) is 2. The molecular weight excluding hydrogens is 282 g/mol. The minimum Gasteiger partial charge on any atom is -0.372 e. The summed E-state index contributed by atoms with van der Waals surface area (Å²) in [5, 5.41) is 4.23. The average molecular weight is 302 g/mol. The Morgan fingerprint density at radius 3 is 2.67 bits per heavy atom. The van der Waals surface area contributed by atoms with Crippen molar-refractivity contribution in [3.63, 3.8) is 0 Å². The van der Waals surface area contributed by atoms with Gasteiger partial charge in [-0.15, -0.1) is 0 Å². The minimum atomic E-state index is 0.724. The van der Waals surface area contributed by atoms with E-state index in [1.165, 1.54) is 22.3 Å². The molecule has 110 valence electrons. The number of benzene rings is 2. The Labute approximate surface area is 131 Å². The maximum absolute atomic E-state index is 6.30. The molecule has 3 rings (SSSR count). The molecule has 0 amide bonds. The van der Waals surface area contributed by atoms with Gasteiger partial charge < -0.3 is 10.1 Å². The predicted octanol–water partition coefficient (Wildman–Crippen LogP) is 4.54. The zero-order chi connectivity index (χ0) is 14.7. The number of hydrogen-bond donors (Lipinski definition) is 1. The van der Waals surface area contributed by atoms with Gasteiger partial charge in [-0.25, -0.2) is 0 Å². The van der Waals surface area contributed by atoms with E-state index >= 15 is 0 Å². The number of halogens is 1. The molecule has 0 bridgehead atoms. The van der Waals surface area contributed by atoms with Crippen molar-refractivity contribution in [2.45, 2.75) is 33.1 Å². The Hall–Kier alpha value is -1.35. The zero-order valence-corrected chi connectivity index (χ0v) is 13.0. The molecule has 3 heteroatoms. The molecule has 0 spiro atoms. The summed E-state index contributed by atoms with van der Waals surface area (Å²) in [7, 11) is 0. The molecule has 0 saturated heterocycles. The Kier molecular flexibility index (Phi) is 4.59. The van der Waals surface area contributed by atoms with Crippen LogP contribution in [0.4, 0.5) is 0 Å². The van der Waals surface area contributed by atoms with E-state index in [-0.39, 0.29) is 0 Å². The molecule has 0 unspecified atom stereocenters. The van der Waals surface area contributed by atoms with Gasteiger partial charge in [0.15, 0.2) is 0 Å². The van der Waals surface area contributed by atoms with E-state index in [9.17, 15) is 0 Å². The second-order valence-electron chi connectivity index (χ2n) is 5.46. The first-order valence-corrected chi connectivity index (χ1v) is 7.85. The van der Waals surface area contributed by atoms with Crippen LogP contribution in [-0.2, 0) is 24.5 Å². The zero-order valence-electron chi connectivity index (χ0n) is 12.3. The van der Waals surface area contributed by atoms with E-state index in [2.05, 4.69) is 42.6 Å². The first-order valence-electron chi connectivity index (χ1n) is 7.47. The quantitative estimate of drug-likeness (QED) is 0.819. The van der Waals surface area contributed by atoms with Gasteiger partial charge in [0.25, 0.3) is 0 Å². The van der Waals surface area contributed by atoms with E-state index in [4.69, 9.17) is 16.3 Å². The van der Waals surface area contributed by atoms with Crippen LogP contribution in [-0.4, -0.2) is 6.54 Å². The molecular formula is C18H20ClNO. The van der Waals surface area contributed by atoms with Crippen LogP contribution in [0.2, 0.25) is 5.02 Å². The number of fused-ring (bicyclic) bond motifs is 1. The van der Waals surface area contributed by atoms with Crippen LogP contribution in [0.1, 0.15) is 30.0 Å². The number of ether oxygens (including phenoxy) is 1. The van der Waals surface area contributed by atoms with Crippen LogP contribution >= 0.6 is 11.6 Å². The van der Waals surface area contributed by atoms with Crippen molar-refractivity contribution in [3.8, 4) is 11.1 Å². The fraction of sp³-hybridized carbons (Fsp3) is 0.333. The van der Waals surface area contributed by atoms with Crippen LogP contribution in [0, 0.1) is 0 Å². The van der Waals surface area contributed by atoms with Crippen molar-refractivity contribution in [2.75, 3.05) is 6.54 Å². The largest absolute Gasteiger partial charge is 0.372 e. The van der Waals surface area contributed by atoms with Crippen LogP contribution in [0.5, 0.6) is 0 Å². The third-order valence-electron chi connectivity index (χ3n) is 3.84. The summed E-state index contributed by atoms with van der Waals surface area (Å²) < 4.78 is 5.48. The van der Waals surface area contributed by atoms with Crippen LogP contribution in [0.3, 0.4) is 0 Å². The fourth-order valence-corrected chi connectivity index (χ4v) is 2.83. The maximum atomic E-state index is 6.30. The summed E-state index contributed by atoms with van der Waals surface area (Å²) in [5.74, 6) is 0. The maximum Gasteiger partial charge on any atom is 0.0725 e. The lowest BCUT2D eigenvalue weighted by molar-refractivity contribution is 0.134. The lowest BCUT2D eigenvalue weighted by atomic mass is 9.99. The fourth-order valence-electron chi connectivity index (χ4n) is 2.64. The van der Waals surface area contributed by atoms with Gasteiger partial charge in [-0.05, 0) is 59.0 Å². The van der Waals surface area contributed by atoms with Crippen LogP contribution in [0.25, 0.3) is 11.1 Å². The van der Waals surface area contributed by atoms with Gasteiger partial charge in [0.2, 0.25) is 0 Å². The highest BCUT2D eigenvalue weighted by molar-refractivity contribution is 6.31. The molecule has 1 N–H and O–H groups in total. The summed E-state index contributed by atoms with van der Waals surface area (Å²) in [5.41, 5.74) is 6.19. The summed E-state index contributed by atoms with van der Waals surface area (Å²) in [6.45, 7) is 5.45. The number of nitrogens with one attached hydrogen (secondary N) is 1. The van der Waals surface area contributed by atoms with Gasteiger partial charge in [-0.3, -0.25) is 0 Å². The summed E-state index contributed by atoms with van der Waals surface area (Å²) in [6, 6.07) is 12.8. The molecule has 2 aromatic rings. The monoisotopic (exact) mass is 301 g/mol. The van der Waals surface area contributed by atoms with Crippen molar-refractivity contribution in [1.29, 1.82) is 0 Å². The normalized spacial score (nSPS) is 13.4. The molecule has 0 aliphatic carbocycles. The highest BCUT2D eigenvalue weighted by atomic mass is 35.5. The Morgan fingerprint density at radius 1 is 1.05 bits per heavy atom. The molecule has 2 nitrogen and oxygen atoms in total. The summed E-state index contributed by atoms with van der Waals surface area (Å²) in [4.78, 5) is 0. The Morgan fingerprint density at radius 2 is 1.81 bits per heavy atom. The number of rotatable bonds is 5. The molecule has 1 aliphatic heterocycles. The standard InChI is InChI=1S/C18H20ClNO/c1-2-7-20-10-16-8-14(5-6-18(16)19)13-3-4-15-11-21-12-17(15)9-13/h3-6,8-9,20H,2,7,10-12H2,1H3. The molecule has 1 heterocycles. The molecule has 0 aromatic heterocycles. The average Bonchev–Trinajstić information content (AvgIpc) is 2.97. The van der Waals surface area contributed by atoms with Gasteiger partial charge >= 0.3 is 0 Å². The van der Waals surface area contributed by atoms with E-state index in [0.29, 0.717) is 0 Å². The molecule has 2 aromatic carbocycles. The molecule has 0 atom stereocenters. The highest BCUT2D eigenvalue weighted by Gasteiger charge is 2.12. The van der Waals surface area contributed by atoms with Crippen LogP contribution in [0.15, 0.2) is 36.4 Å². The lowest BCUT2D eigenvalue weighted by Gasteiger charge is -2.10. The van der Waals surface area contributed by atoms with Crippen molar-refractivity contribution >= 4 is 11.6 Å². The van der Waals surface area contributed by atoms with E-state index in [0.717, 1.165) is 43.3 Å². The predicted molar refractivity (Wildman–Crippen MR) is 87.4 cm³/mol. The SMILES string of the molecule is CCCNCc1cc(-c2ccc3c(c2)COC3)ccc1Cl. The lowest BCUT2D eigenvalue weighted by Crippen LogP contribution is -2.14. The summed E-state index contributed by atoms with van der Waals surface area (Å²) >= 11 is 6.30. The third-order valence-corrected chi connectivity index (χ3v) is 4.21. The molecule has 0 radical (unpaired) electrons. The van der Waals surface area contributed by atoms with Crippen molar-refractivity contribution in [3.05, 3.63) is 58.1 Å². The smallest absolute Gasteiger partial charge is 0.0725 e. The molecule has 0 saturated carbocycles. The Bertz CT molecular complexity index is 639. The summed E-state index contributed by atoms with van der Waals surface area (Å²) in [6.07, 6.45) is 1.13. The van der Waals surface area contributed by atoms with Crippen molar-refractivity contribution in [2.24, 2.45) is 0 Å². The van der Waals surface area contributed by atoms with Gasteiger partial charge in [0, 0.05) is 11.6 Å². The van der Waals surface area contributed by atoms with Gasteiger partial charge in [0.05, 0.1) is 13.2 Å². The van der Waals surface area contributed by atoms with E-state index < -0.39 is 0 Å².